The third-order valence-electron chi connectivity index (χ3n) is 4.66. The van der Waals surface area contributed by atoms with Crippen molar-refractivity contribution in [2.45, 2.75) is 25.5 Å². The first kappa shape index (κ1) is 21.4. The number of carbonyl (C=O) groups is 2. The maximum absolute atomic E-state index is 12.5. The van der Waals surface area contributed by atoms with Gasteiger partial charge in [0.1, 0.15) is 12.6 Å². The molecule has 0 unspecified atom stereocenters. The Kier molecular flexibility index (Phi) is 7.83. The molecule has 27 heavy (non-hydrogen) atoms. The number of carbonyl (C=O) groups excluding carboxylic acids is 2. The first-order valence-corrected chi connectivity index (χ1v) is 10.4. The number of nitrogens with zero attached hydrogens (tertiary/aromatic N) is 1. The molecule has 9 heteroatoms. The average molecular weight is 399 g/mol. The van der Waals surface area contributed by atoms with Gasteiger partial charge in [-0.25, -0.2) is 9.59 Å². The molecule has 2 rings (SSSR count). The van der Waals surface area contributed by atoms with Crippen LogP contribution in [-0.2, 0) is 34.5 Å². The third kappa shape index (κ3) is 5.79. The zero-order valence-electron chi connectivity index (χ0n) is 15.8. The number of piperidine rings is 1. The molecule has 1 saturated heterocycles. The molecule has 0 saturated carbocycles. The molecule has 1 aliphatic heterocycles. The Balaban J connectivity index is 2.02. The largest absolute Gasteiger partial charge is 0.467 e. The lowest BCUT2D eigenvalue weighted by Gasteiger charge is -2.37. The lowest BCUT2D eigenvalue weighted by Crippen LogP contribution is -2.51. The van der Waals surface area contributed by atoms with Crippen molar-refractivity contribution in [3.05, 3.63) is 35.9 Å². The number of hydrogen-bond donors (Lipinski definition) is 0. The molecule has 1 fully saturated rings. The SMILES string of the molecule is COC(=O)[C@@H]1C[C@H](CP(=O)(OC)OC)CCN1C(=O)OCc1ccccc1. The second-order valence-electron chi connectivity index (χ2n) is 6.32. The van der Waals surface area contributed by atoms with Gasteiger partial charge in [-0.2, -0.15) is 0 Å². The molecular formula is C18H26NO7P. The van der Waals surface area contributed by atoms with Crippen molar-refractivity contribution in [3.63, 3.8) is 0 Å². The molecule has 0 spiro atoms. The highest BCUT2D eigenvalue weighted by molar-refractivity contribution is 7.53. The van der Waals surface area contributed by atoms with Gasteiger partial charge in [-0.15, -0.1) is 0 Å². The Hall–Kier alpha value is -1.89. The molecule has 0 aromatic heterocycles. The van der Waals surface area contributed by atoms with Crippen LogP contribution in [0.25, 0.3) is 0 Å². The molecule has 1 amide bonds. The minimum Gasteiger partial charge on any atom is -0.467 e. The maximum Gasteiger partial charge on any atom is 0.410 e. The van der Waals surface area contributed by atoms with Crippen LogP contribution in [0.15, 0.2) is 30.3 Å². The smallest absolute Gasteiger partial charge is 0.410 e. The minimum absolute atomic E-state index is 0.0991. The summed E-state index contributed by atoms with van der Waals surface area (Å²) in [4.78, 5) is 26.1. The van der Waals surface area contributed by atoms with E-state index in [0.717, 1.165) is 5.56 Å². The van der Waals surface area contributed by atoms with Crippen molar-refractivity contribution in [1.82, 2.24) is 4.90 Å². The van der Waals surface area contributed by atoms with Gasteiger partial charge in [-0.05, 0) is 24.3 Å². The second-order valence-corrected chi connectivity index (χ2v) is 8.64. The normalized spacial score (nSPS) is 20.2. The lowest BCUT2D eigenvalue weighted by atomic mass is 9.92. The number of ether oxygens (including phenoxy) is 2. The summed E-state index contributed by atoms with van der Waals surface area (Å²) in [6.45, 7) is 0.418. The van der Waals surface area contributed by atoms with Crippen LogP contribution >= 0.6 is 7.60 Å². The van der Waals surface area contributed by atoms with Crippen LogP contribution in [0.5, 0.6) is 0 Å². The van der Waals surface area contributed by atoms with E-state index in [1.807, 2.05) is 30.3 Å². The van der Waals surface area contributed by atoms with Crippen molar-refractivity contribution in [3.8, 4) is 0 Å². The quantitative estimate of drug-likeness (QED) is 0.514. The Morgan fingerprint density at radius 1 is 1.15 bits per heavy atom. The van der Waals surface area contributed by atoms with Crippen LogP contribution in [0, 0.1) is 5.92 Å². The van der Waals surface area contributed by atoms with E-state index in [2.05, 4.69) is 0 Å². The van der Waals surface area contributed by atoms with Crippen molar-refractivity contribution in [2.24, 2.45) is 5.92 Å². The molecule has 2 atom stereocenters. The fourth-order valence-corrected chi connectivity index (χ4v) is 4.54. The fourth-order valence-electron chi connectivity index (χ4n) is 3.12. The van der Waals surface area contributed by atoms with Crippen LogP contribution in [0.2, 0.25) is 0 Å². The van der Waals surface area contributed by atoms with Gasteiger partial charge in [0, 0.05) is 20.8 Å². The molecule has 1 aromatic carbocycles. The summed E-state index contributed by atoms with van der Waals surface area (Å²) in [6, 6.07) is 8.50. The maximum atomic E-state index is 12.5. The van der Waals surface area contributed by atoms with E-state index in [1.165, 1.54) is 26.2 Å². The highest BCUT2D eigenvalue weighted by Gasteiger charge is 2.40. The van der Waals surface area contributed by atoms with Gasteiger partial charge >= 0.3 is 19.7 Å². The summed E-state index contributed by atoms with van der Waals surface area (Å²) in [6.07, 6.45) is 0.476. The standard InChI is InChI=1S/C18H26NO7P/c1-23-17(20)16-11-15(13-27(22,24-2)25-3)9-10-19(16)18(21)26-12-14-7-5-4-6-8-14/h4-8,15-16H,9-13H2,1-3H3/t15-,16+/m1/s1. The molecule has 0 N–H and O–H groups in total. The molecule has 0 aliphatic carbocycles. The number of hydrogen-bond acceptors (Lipinski definition) is 7. The summed E-state index contributed by atoms with van der Waals surface area (Å²) in [5, 5.41) is 0. The number of benzene rings is 1. The molecule has 1 aliphatic rings. The number of likely N-dealkylation sites (tertiary alicyclic amines) is 1. The van der Waals surface area contributed by atoms with Gasteiger partial charge in [0.15, 0.2) is 0 Å². The average Bonchev–Trinajstić information content (AvgIpc) is 2.72. The van der Waals surface area contributed by atoms with Crippen molar-refractivity contribution in [1.29, 1.82) is 0 Å². The third-order valence-corrected chi connectivity index (χ3v) is 6.74. The lowest BCUT2D eigenvalue weighted by molar-refractivity contribution is -0.148. The minimum atomic E-state index is -3.20. The Morgan fingerprint density at radius 3 is 2.41 bits per heavy atom. The van der Waals surface area contributed by atoms with E-state index in [0.29, 0.717) is 19.4 Å². The van der Waals surface area contributed by atoms with E-state index < -0.39 is 25.7 Å². The van der Waals surface area contributed by atoms with E-state index in [9.17, 15) is 14.2 Å². The van der Waals surface area contributed by atoms with Gasteiger partial charge in [-0.1, -0.05) is 30.3 Å². The highest BCUT2D eigenvalue weighted by atomic mass is 31.2. The van der Waals surface area contributed by atoms with E-state index in [1.54, 1.807) is 0 Å². The predicted octanol–water partition coefficient (Wildman–Crippen LogP) is 3.06. The summed E-state index contributed by atoms with van der Waals surface area (Å²) in [7, 11) is 0.738. The molecule has 0 bridgehead atoms. The first-order chi connectivity index (χ1) is 12.9. The topological polar surface area (TPSA) is 91.4 Å². The van der Waals surface area contributed by atoms with Crippen molar-refractivity contribution < 1.29 is 32.7 Å². The highest BCUT2D eigenvalue weighted by Crippen LogP contribution is 2.49. The number of esters is 1. The Labute approximate surface area is 159 Å². The zero-order chi connectivity index (χ0) is 19.9. The summed E-state index contributed by atoms with van der Waals surface area (Å²) in [5.41, 5.74) is 0.858. The van der Waals surface area contributed by atoms with E-state index >= 15 is 0 Å². The monoisotopic (exact) mass is 399 g/mol. The van der Waals surface area contributed by atoms with Crippen molar-refractivity contribution in [2.75, 3.05) is 34.0 Å². The summed E-state index contributed by atoms with van der Waals surface area (Å²) in [5.74, 6) is -0.626. The van der Waals surface area contributed by atoms with Gasteiger partial charge < -0.3 is 18.5 Å². The second kappa shape index (κ2) is 9.88. The molecule has 8 nitrogen and oxygen atoms in total. The van der Waals surface area contributed by atoms with Crippen LogP contribution in [-0.4, -0.2) is 57.0 Å². The van der Waals surface area contributed by atoms with Gasteiger partial charge in [-0.3, -0.25) is 9.46 Å². The molecular weight excluding hydrogens is 373 g/mol. The van der Waals surface area contributed by atoms with Gasteiger partial charge in [0.05, 0.1) is 13.3 Å². The van der Waals surface area contributed by atoms with Crippen LogP contribution in [0.1, 0.15) is 18.4 Å². The molecule has 1 heterocycles. The van der Waals surface area contributed by atoms with E-state index in [4.69, 9.17) is 18.5 Å². The van der Waals surface area contributed by atoms with Gasteiger partial charge in [0.2, 0.25) is 0 Å². The fraction of sp³-hybridized carbons (Fsp3) is 0.556. The van der Waals surface area contributed by atoms with E-state index in [-0.39, 0.29) is 18.7 Å². The zero-order valence-corrected chi connectivity index (χ0v) is 16.7. The van der Waals surface area contributed by atoms with Gasteiger partial charge in [0.25, 0.3) is 0 Å². The number of rotatable bonds is 7. The van der Waals surface area contributed by atoms with Crippen molar-refractivity contribution >= 4 is 19.7 Å². The number of methoxy groups -OCH3 is 1. The molecule has 150 valence electrons. The van der Waals surface area contributed by atoms with Crippen LogP contribution in [0.4, 0.5) is 4.79 Å². The summed E-state index contributed by atoms with van der Waals surface area (Å²) < 4.78 is 32.5. The molecule has 0 radical (unpaired) electrons. The Bertz CT molecular complexity index is 674. The predicted molar refractivity (Wildman–Crippen MR) is 98.4 cm³/mol. The first-order valence-electron chi connectivity index (χ1n) is 8.68. The Morgan fingerprint density at radius 2 is 1.81 bits per heavy atom. The summed E-state index contributed by atoms with van der Waals surface area (Å²) >= 11 is 0. The van der Waals surface area contributed by atoms with Crippen LogP contribution in [0.3, 0.4) is 0 Å². The molecule has 1 aromatic rings. The number of amides is 1. The van der Waals surface area contributed by atoms with Crippen LogP contribution < -0.4 is 0 Å².